The van der Waals surface area contributed by atoms with Gasteiger partial charge in [0.15, 0.2) is 0 Å². The van der Waals surface area contributed by atoms with Gasteiger partial charge in [0.05, 0.1) is 5.02 Å². The van der Waals surface area contributed by atoms with E-state index in [0.29, 0.717) is 12.4 Å². The van der Waals surface area contributed by atoms with Crippen molar-refractivity contribution in [2.45, 2.75) is 31.6 Å². The summed E-state index contributed by atoms with van der Waals surface area (Å²) in [6, 6.07) is 4.69. The molecule has 1 aromatic carbocycles. The molecule has 0 amide bonds. The first-order valence-electron chi connectivity index (χ1n) is 6.31. The Balaban J connectivity index is 2.96. The lowest BCUT2D eigenvalue weighted by atomic mass is 9.85. The maximum Gasteiger partial charge on any atom is 0.242 e. The van der Waals surface area contributed by atoms with Crippen LogP contribution in [0.2, 0.25) is 5.02 Å². The van der Waals surface area contributed by atoms with Crippen molar-refractivity contribution in [2.75, 3.05) is 12.4 Å². The number of halogens is 3. The summed E-state index contributed by atoms with van der Waals surface area (Å²) in [5.74, 6) is 0.413. The first-order chi connectivity index (χ1) is 9.30. The maximum atomic E-state index is 12.3. The molecule has 0 saturated carbocycles. The molecular formula is C13H18BrCl2NO2S. The number of nitrogens with one attached hydrogen (secondary N) is 1. The maximum absolute atomic E-state index is 12.3. The Labute approximate surface area is 139 Å². The summed E-state index contributed by atoms with van der Waals surface area (Å²) in [4.78, 5) is 0.0815. The topological polar surface area (TPSA) is 46.2 Å². The standard InChI is InChI=1S/C13H18BrCl2NO2S/c1-3-13(4-2,8-15)9-17-20(18,19)12-6-5-10(14)7-11(12)16/h5-7,17H,3-4,8-9H2,1-2H3. The normalized spacial score (nSPS) is 12.7. The summed E-state index contributed by atoms with van der Waals surface area (Å²) in [5, 5.41) is 0.191. The number of rotatable bonds is 7. The van der Waals surface area contributed by atoms with Gasteiger partial charge in [0, 0.05) is 16.9 Å². The fraction of sp³-hybridized carbons (Fsp3) is 0.538. The van der Waals surface area contributed by atoms with E-state index in [-0.39, 0.29) is 15.3 Å². The second kappa shape index (κ2) is 7.45. The molecule has 0 heterocycles. The predicted molar refractivity (Wildman–Crippen MR) is 88.1 cm³/mol. The van der Waals surface area contributed by atoms with Crippen LogP contribution in [-0.2, 0) is 10.0 Å². The first-order valence-corrected chi connectivity index (χ1v) is 9.50. The molecule has 0 saturated heterocycles. The molecule has 1 aromatic rings. The molecule has 20 heavy (non-hydrogen) atoms. The summed E-state index contributed by atoms with van der Waals surface area (Å²) in [7, 11) is -3.63. The van der Waals surface area contributed by atoms with Crippen LogP contribution in [0.25, 0.3) is 0 Å². The Morgan fingerprint density at radius 1 is 1.30 bits per heavy atom. The summed E-state index contributed by atoms with van der Waals surface area (Å²) in [5.41, 5.74) is -0.226. The predicted octanol–water partition coefficient (Wildman–Crippen LogP) is 4.43. The van der Waals surface area contributed by atoms with Gasteiger partial charge in [-0.05, 0) is 36.5 Å². The highest BCUT2D eigenvalue weighted by Crippen LogP contribution is 2.29. The second-order valence-electron chi connectivity index (χ2n) is 4.74. The van der Waals surface area contributed by atoms with Crippen molar-refractivity contribution in [1.82, 2.24) is 4.72 Å². The Morgan fingerprint density at radius 2 is 1.90 bits per heavy atom. The molecule has 114 valence electrons. The van der Waals surface area contributed by atoms with Crippen LogP contribution in [0.15, 0.2) is 27.6 Å². The number of benzene rings is 1. The van der Waals surface area contributed by atoms with E-state index in [0.717, 1.165) is 17.3 Å². The molecule has 0 aromatic heterocycles. The molecule has 0 bridgehead atoms. The van der Waals surface area contributed by atoms with Crippen LogP contribution in [0.5, 0.6) is 0 Å². The molecule has 0 unspecified atom stereocenters. The lowest BCUT2D eigenvalue weighted by molar-refractivity contribution is 0.304. The van der Waals surface area contributed by atoms with Gasteiger partial charge >= 0.3 is 0 Å². The first kappa shape index (κ1) is 18.2. The van der Waals surface area contributed by atoms with Crippen LogP contribution in [0.1, 0.15) is 26.7 Å². The minimum Gasteiger partial charge on any atom is -0.211 e. The van der Waals surface area contributed by atoms with Crippen LogP contribution < -0.4 is 4.72 Å². The van der Waals surface area contributed by atoms with Crippen molar-refractivity contribution in [2.24, 2.45) is 5.41 Å². The largest absolute Gasteiger partial charge is 0.242 e. The van der Waals surface area contributed by atoms with Gasteiger partial charge < -0.3 is 0 Å². The highest BCUT2D eigenvalue weighted by Gasteiger charge is 2.28. The van der Waals surface area contributed by atoms with Crippen LogP contribution in [0, 0.1) is 5.41 Å². The third kappa shape index (κ3) is 4.34. The molecule has 0 fully saturated rings. The highest BCUT2D eigenvalue weighted by molar-refractivity contribution is 9.10. The molecule has 3 nitrogen and oxygen atoms in total. The van der Waals surface area contributed by atoms with Gasteiger partial charge in [0.25, 0.3) is 0 Å². The number of sulfonamides is 1. The quantitative estimate of drug-likeness (QED) is 0.685. The molecule has 1 N–H and O–H groups in total. The average Bonchev–Trinajstić information content (AvgIpc) is 2.40. The molecule has 0 aliphatic rings. The fourth-order valence-corrected chi connectivity index (χ4v) is 4.42. The third-order valence-corrected chi connectivity index (χ3v) is 6.55. The zero-order chi connectivity index (χ0) is 15.4. The van der Waals surface area contributed by atoms with Crippen molar-refractivity contribution in [1.29, 1.82) is 0 Å². The molecule has 0 atom stereocenters. The number of hydrogen-bond acceptors (Lipinski definition) is 2. The van der Waals surface area contributed by atoms with E-state index in [2.05, 4.69) is 20.7 Å². The third-order valence-electron chi connectivity index (χ3n) is 3.60. The van der Waals surface area contributed by atoms with Crippen LogP contribution >= 0.6 is 39.1 Å². The van der Waals surface area contributed by atoms with Gasteiger partial charge in [0.2, 0.25) is 10.0 Å². The van der Waals surface area contributed by atoms with Gasteiger partial charge in [-0.25, -0.2) is 13.1 Å². The Bertz CT molecular complexity index is 551. The van der Waals surface area contributed by atoms with Crippen LogP contribution in [-0.4, -0.2) is 20.8 Å². The van der Waals surface area contributed by atoms with E-state index in [1.165, 1.54) is 6.07 Å². The van der Waals surface area contributed by atoms with Crippen molar-refractivity contribution in [3.05, 3.63) is 27.7 Å². The van der Waals surface area contributed by atoms with Gasteiger partial charge in [-0.2, -0.15) is 0 Å². The van der Waals surface area contributed by atoms with E-state index >= 15 is 0 Å². The average molecular weight is 403 g/mol. The lowest BCUT2D eigenvalue weighted by Gasteiger charge is -2.29. The van der Waals surface area contributed by atoms with Crippen molar-refractivity contribution in [3.8, 4) is 0 Å². The van der Waals surface area contributed by atoms with Gasteiger partial charge in [-0.1, -0.05) is 41.4 Å². The van der Waals surface area contributed by atoms with Gasteiger partial charge in [-0.15, -0.1) is 11.6 Å². The summed E-state index contributed by atoms with van der Waals surface area (Å²) in [6.07, 6.45) is 1.62. The Hall–Kier alpha value is 0.190. The van der Waals surface area contributed by atoms with Crippen LogP contribution in [0.3, 0.4) is 0 Å². The monoisotopic (exact) mass is 401 g/mol. The Kier molecular flexibility index (Phi) is 6.80. The minimum absolute atomic E-state index is 0.0815. The molecule has 0 spiro atoms. The molecule has 7 heteroatoms. The van der Waals surface area contributed by atoms with Gasteiger partial charge in [-0.3, -0.25) is 0 Å². The summed E-state index contributed by atoms with van der Waals surface area (Å²) in [6.45, 7) is 4.32. The SMILES string of the molecule is CCC(CC)(CCl)CNS(=O)(=O)c1ccc(Br)cc1Cl. The molecule has 1 rings (SSSR count). The lowest BCUT2D eigenvalue weighted by Crippen LogP contribution is -2.38. The van der Waals surface area contributed by atoms with E-state index in [9.17, 15) is 8.42 Å². The van der Waals surface area contributed by atoms with Crippen molar-refractivity contribution >= 4 is 49.2 Å². The van der Waals surface area contributed by atoms with E-state index in [1.807, 2.05) is 13.8 Å². The minimum atomic E-state index is -3.63. The zero-order valence-corrected chi connectivity index (χ0v) is 15.3. The van der Waals surface area contributed by atoms with Gasteiger partial charge in [0.1, 0.15) is 4.90 Å². The summed E-state index contributed by atoms with van der Waals surface area (Å²) < 4.78 is 28.0. The number of alkyl halides is 1. The van der Waals surface area contributed by atoms with E-state index < -0.39 is 10.0 Å². The molecule has 0 aliphatic carbocycles. The fourth-order valence-electron chi connectivity index (χ4n) is 1.76. The smallest absolute Gasteiger partial charge is 0.211 e. The second-order valence-corrected chi connectivity index (χ2v) is 8.07. The van der Waals surface area contributed by atoms with Crippen LogP contribution in [0.4, 0.5) is 0 Å². The number of hydrogen-bond donors (Lipinski definition) is 1. The zero-order valence-electron chi connectivity index (χ0n) is 11.4. The van der Waals surface area contributed by atoms with Crippen molar-refractivity contribution in [3.63, 3.8) is 0 Å². The molecule has 0 radical (unpaired) electrons. The van der Waals surface area contributed by atoms with E-state index in [1.54, 1.807) is 12.1 Å². The summed E-state index contributed by atoms with van der Waals surface area (Å²) >= 11 is 15.2. The van der Waals surface area contributed by atoms with Crippen molar-refractivity contribution < 1.29 is 8.42 Å². The Morgan fingerprint density at radius 3 is 2.35 bits per heavy atom. The molecule has 0 aliphatic heterocycles. The van der Waals surface area contributed by atoms with E-state index in [4.69, 9.17) is 23.2 Å². The highest BCUT2D eigenvalue weighted by atomic mass is 79.9. The molecular weight excluding hydrogens is 385 g/mol.